The maximum absolute atomic E-state index is 12.5. The minimum atomic E-state index is -3.88. The van der Waals surface area contributed by atoms with Gasteiger partial charge in [-0.15, -0.1) is 0 Å². The van der Waals surface area contributed by atoms with Crippen LogP contribution in [0.25, 0.3) is 0 Å². The zero-order valence-electron chi connectivity index (χ0n) is 23.2. The molecule has 2 aromatic rings. The number of halogens is 2. The Hall–Kier alpha value is -3.19. The average molecular weight is 627 g/mol. The van der Waals surface area contributed by atoms with Crippen LogP contribution in [0.4, 0.5) is 4.79 Å². The molecule has 3 rings (SSSR count). The minimum Gasteiger partial charge on any atom is -0.443 e. The van der Waals surface area contributed by atoms with Crippen LogP contribution in [-0.4, -0.2) is 86.7 Å². The number of nitrogens with zero attached hydrogens (tertiary/aromatic N) is 3. The van der Waals surface area contributed by atoms with Crippen molar-refractivity contribution in [2.75, 3.05) is 39.1 Å². The van der Waals surface area contributed by atoms with Crippen LogP contribution in [0, 0.1) is 0 Å². The smallest absolute Gasteiger partial charge is 0.416 e. The molecule has 3 amide bonds. The van der Waals surface area contributed by atoms with E-state index in [1.807, 2.05) is 24.3 Å². The third-order valence-corrected chi connectivity index (χ3v) is 8.26. The molecular formula is C27H33Cl2N5O6S. The van der Waals surface area contributed by atoms with Crippen LogP contribution in [0.2, 0.25) is 10.0 Å². The molecule has 0 bridgehead atoms. The molecule has 0 spiro atoms. The Kier molecular flexibility index (Phi) is 10.8. The summed E-state index contributed by atoms with van der Waals surface area (Å²) in [6, 6.07) is 11.7. The Morgan fingerprint density at radius 3 is 2.29 bits per heavy atom. The van der Waals surface area contributed by atoms with Gasteiger partial charge in [-0.3, -0.25) is 24.8 Å². The molecular weight excluding hydrogens is 593 g/mol. The van der Waals surface area contributed by atoms with Crippen LogP contribution in [0.1, 0.15) is 31.9 Å². The highest BCUT2D eigenvalue weighted by Crippen LogP contribution is 2.29. The monoisotopic (exact) mass is 625 g/mol. The van der Waals surface area contributed by atoms with Gasteiger partial charge in [0.2, 0.25) is 11.8 Å². The number of aliphatic imine (C=N–C) groups is 1. The molecule has 0 unspecified atom stereocenters. The third-order valence-electron chi connectivity index (χ3n) is 5.76. The fraction of sp³-hybridized carbons (Fsp3) is 0.407. The van der Waals surface area contributed by atoms with Crippen molar-refractivity contribution in [1.82, 2.24) is 20.4 Å². The quantitative estimate of drug-likeness (QED) is 0.414. The molecule has 1 aliphatic rings. The lowest BCUT2D eigenvalue weighted by Gasteiger charge is -2.25. The van der Waals surface area contributed by atoms with Gasteiger partial charge in [-0.2, -0.15) is 0 Å². The molecule has 222 valence electrons. The van der Waals surface area contributed by atoms with E-state index in [0.29, 0.717) is 18.9 Å². The number of likely N-dealkylation sites (N-methyl/N-ethyl adjacent to an activating group) is 1. The van der Waals surface area contributed by atoms with Crippen LogP contribution in [-0.2, 0) is 30.7 Å². The first-order valence-corrected chi connectivity index (χ1v) is 15.1. The lowest BCUT2D eigenvalue weighted by Crippen LogP contribution is -2.42. The number of sulfone groups is 1. The summed E-state index contributed by atoms with van der Waals surface area (Å²) in [6.07, 6.45) is -0.452. The molecule has 41 heavy (non-hydrogen) atoms. The van der Waals surface area contributed by atoms with Gasteiger partial charge in [-0.25, -0.2) is 13.2 Å². The van der Waals surface area contributed by atoms with Crippen molar-refractivity contribution in [2.45, 2.75) is 37.8 Å². The fourth-order valence-corrected chi connectivity index (χ4v) is 6.18. The normalized spacial score (nSPS) is 13.5. The van der Waals surface area contributed by atoms with Crippen LogP contribution < -0.4 is 10.6 Å². The summed E-state index contributed by atoms with van der Waals surface area (Å²) in [6.45, 7) is 6.03. The average Bonchev–Trinajstić information content (AvgIpc) is 3.36. The largest absolute Gasteiger partial charge is 0.443 e. The van der Waals surface area contributed by atoms with Gasteiger partial charge in [0, 0.05) is 19.2 Å². The van der Waals surface area contributed by atoms with Crippen LogP contribution in [0.5, 0.6) is 0 Å². The number of nitrogens with one attached hydrogen (secondary N) is 2. The van der Waals surface area contributed by atoms with Crippen molar-refractivity contribution in [1.29, 1.82) is 0 Å². The first-order chi connectivity index (χ1) is 19.2. The van der Waals surface area contributed by atoms with Crippen LogP contribution >= 0.6 is 23.2 Å². The highest BCUT2D eigenvalue weighted by atomic mass is 35.5. The summed E-state index contributed by atoms with van der Waals surface area (Å²) in [7, 11) is -2.28. The van der Waals surface area contributed by atoms with E-state index in [1.165, 1.54) is 28.0 Å². The summed E-state index contributed by atoms with van der Waals surface area (Å²) in [5, 5.41) is 4.98. The standard InChI is InChI=1S/C27H33Cl2N5O6S/c1-27(2,3)40-26(37)34-13-12-31-25(34)19-10-8-18(9-11-19)16-33(4)23(36)15-32-22(35)14-30-17-41(38,39)24-20(28)6-5-7-21(24)29/h5-11,30H,12-17H2,1-4H3,(H,32,35). The number of benzene rings is 2. The number of rotatable bonds is 10. The molecule has 0 radical (unpaired) electrons. The van der Waals surface area contributed by atoms with Gasteiger partial charge in [0.25, 0.3) is 0 Å². The van der Waals surface area contributed by atoms with Gasteiger partial charge in [-0.1, -0.05) is 53.5 Å². The number of carbonyl (C=O) groups is 3. The van der Waals surface area contributed by atoms with E-state index in [0.717, 1.165) is 11.1 Å². The zero-order valence-corrected chi connectivity index (χ0v) is 25.6. The second kappa shape index (κ2) is 13.6. The highest BCUT2D eigenvalue weighted by molar-refractivity contribution is 7.91. The Morgan fingerprint density at radius 1 is 1.05 bits per heavy atom. The highest BCUT2D eigenvalue weighted by Gasteiger charge is 2.29. The summed E-state index contributed by atoms with van der Waals surface area (Å²) in [5.41, 5.74) is 0.974. The van der Waals surface area contributed by atoms with Gasteiger partial charge >= 0.3 is 6.09 Å². The Morgan fingerprint density at radius 2 is 1.68 bits per heavy atom. The van der Waals surface area contributed by atoms with E-state index in [9.17, 15) is 22.8 Å². The number of amides is 3. The summed E-state index contributed by atoms with van der Waals surface area (Å²) < 4.78 is 30.5. The summed E-state index contributed by atoms with van der Waals surface area (Å²) in [5.74, 6) is -0.915. The van der Waals surface area contributed by atoms with Gasteiger partial charge in [0.1, 0.15) is 22.2 Å². The second-order valence-corrected chi connectivity index (χ2v) is 13.0. The lowest BCUT2D eigenvalue weighted by molar-refractivity contribution is -0.132. The summed E-state index contributed by atoms with van der Waals surface area (Å²) in [4.78, 5) is 44.4. The Bertz CT molecular complexity index is 1400. The number of carbonyl (C=O) groups excluding carboxylic acids is 3. The first kappa shape index (κ1) is 32.3. The maximum Gasteiger partial charge on any atom is 0.416 e. The molecule has 2 aromatic carbocycles. The zero-order chi connectivity index (χ0) is 30.4. The lowest BCUT2D eigenvalue weighted by atomic mass is 10.1. The van der Waals surface area contributed by atoms with E-state index in [1.54, 1.807) is 27.8 Å². The molecule has 2 N–H and O–H groups in total. The minimum absolute atomic E-state index is 0.0120. The predicted molar refractivity (Wildman–Crippen MR) is 157 cm³/mol. The molecule has 11 nitrogen and oxygen atoms in total. The van der Waals surface area contributed by atoms with Crippen molar-refractivity contribution in [3.05, 3.63) is 63.6 Å². The van der Waals surface area contributed by atoms with Crippen molar-refractivity contribution >= 4 is 56.8 Å². The molecule has 14 heteroatoms. The SMILES string of the molecule is CN(Cc1ccc(C2=NCCN2C(=O)OC(C)(C)C)cc1)C(=O)CNC(=O)CNCS(=O)(=O)c1c(Cl)cccc1Cl. The summed E-state index contributed by atoms with van der Waals surface area (Å²) >= 11 is 11.9. The van der Waals surface area contributed by atoms with Gasteiger partial charge in [0.05, 0.1) is 36.2 Å². The number of hydrogen-bond donors (Lipinski definition) is 2. The van der Waals surface area contributed by atoms with Gasteiger partial charge in [0.15, 0.2) is 9.84 Å². The van der Waals surface area contributed by atoms with Crippen LogP contribution in [0.3, 0.4) is 0 Å². The van der Waals surface area contributed by atoms with E-state index in [2.05, 4.69) is 15.6 Å². The maximum atomic E-state index is 12.5. The van der Waals surface area contributed by atoms with E-state index >= 15 is 0 Å². The van der Waals surface area contributed by atoms with Crippen molar-refractivity contribution in [3.8, 4) is 0 Å². The van der Waals surface area contributed by atoms with E-state index in [4.69, 9.17) is 27.9 Å². The number of hydrogen-bond acceptors (Lipinski definition) is 8. The molecule has 0 aromatic heterocycles. The van der Waals surface area contributed by atoms with Gasteiger partial charge in [-0.05, 0) is 38.5 Å². The van der Waals surface area contributed by atoms with Crippen molar-refractivity contribution in [3.63, 3.8) is 0 Å². The second-order valence-electron chi connectivity index (χ2n) is 10.3. The Balaban J connectivity index is 1.45. The predicted octanol–water partition coefficient (Wildman–Crippen LogP) is 3.09. The van der Waals surface area contributed by atoms with E-state index in [-0.39, 0.29) is 40.5 Å². The molecule has 0 fully saturated rings. The van der Waals surface area contributed by atoms with Crippen LogP contribution in [0.15, 0.2) is 52.4 Å². The molecule has 0 saturated carbocycles. The molecule has 0 aliphatic carbocycles. The van der Waals surface area contributed by atoms with Crippen molar-refractivity contribution in [2.24, 2.45) is 4.99 Å². The molecule has 1 heterocycles. The topological polar surface area (TPSA) is 137 Å². The Labute approximate surface area is 249 Å². The first-order valence-electron chi connectivity index (χ1n) is 12.7. The van der Waals surface area contributed by atoms with E-state index < -0.39 is 33.3 Å². The number of amidine groups is 1. The fourth-order valence-electron chi connectivity index (χ4n) is 3.83. The molecule has 0 atom stereocenters. The van der Waals surface area contributed by atoms with Gasteiger partial charge < -0.3 is 15.0 Å². The van der Waals surface area contributed by atoms with Crippen molar-refractivity contribution < 1.29 is 27.5 Å². The number of ether oxygens (including phenoxy) is 1. The third kappa shape index (κ3) is 9.15. The molecule has 0 saturated heterocycles. The molecule has 1 aliphatic heterocycles.